The van der Waals surface area contributed by atoms with Crippen LogP contribution in [0.1, 0.15) is 70.6 Å². The van der Waals surface area contributed by atoms with Crippen molar-refractivity contribution >= 4 is 0 Å². The lowest BCUT2D eigenvalue weighted by Gasteiger charge is -2.11. The van der Waals surface area contributed by atoms with E-state index in [1.807, 2.05) is 0 Å². The highest BCUT2D eigenvalue weighted by Crippen LogP contribution is 2.33. The van der Waals surface area contributed by atoms with Crippen LogP contribution in [0.15, 0.2) is 0 Å². The summed E-state index contributed by atoms with van der Waals surface area (Å²) in [7, 11) is 0. The van der Waals surface area contributed by atoms with Crippen molar-refractivity contribution in [1.82, 2.24) is 5.48 Å². The molecule has 1 aliphatic heterocycles. The normalized spacial score (nSPS) is 29.1. The van der Waals surface area contributed by atoms with Crippen molar-refractivity contribution in [1.29, 1.82) is 0 Å². The Morgan fingerprint density at radius 1 is 0.643 bits per heavy atom. The highest BCUT2D eigenvalue weighted by molar-refractivity contribution is 4.83. The van der Waals surface area contributed by atoms with Gasteiger partial charge in [-0.25, -0.2) is 0 Å². The van der Waals surface area contributed by atoms with Crippen molar-refractivity contribution in [3.05, 3.63) is 0 Å². The number of hydroxylamine groups is 1. The van der Waals surface area contributed by atoms with Crippen LogP contribution in [0.4, 0.5) is 0 Å². The Bertz CT molecular complexity index is 152. The SMILES string of the molecule is C1CCCCCC2(CCCCC1)NO2. The summed E-state index contributed by atoms with van der Waals surface area (Å²) in [5, 5.41) is 0. The van der Waals surface area contributed by atoms with E-state index in [0.29, 0.717) is 0 Å². The molecule has 0 unspecified atom stereocenters. The van der Waals surface area contributed by atoms with Gasteiger partial charge in [-0.3, -0.25) is 4.84 Å². The molecular formula is C12H23NO. The van der Waals surface area contributed by atoms with E-state index in [9.17, 15) is 0 Å². The zero-order valence-corrected chi connectivity index (χ0v) is 9.19. The third-order valence-corrected chi connectivity index (χ3v) is 3.55. The molecule has 2 heteroatoms. The van der Waals surface area contributed by atoms with Crippen LogP contribution in [-0.4, -0.2) is 5.72 Å². The van der Waals surface area contributed by atoms with Gasteiger partial charge in [0.05, 0.1) is 0 Å². The molecule has 2 aliphatic rings. The molecule has 1 saturated heterocycles. The van der Waals surface area contributed by atoms with Crippen molar-refractivity contribution in [2.24, 2.45) is 0 Å². The first-order valence-corrected chi connectivity index (χ1v) is 6.37. The molecule has 82 valence electrons. The van der Waals surface area contributed by atoms with Crippen LogP contribution < -0.4 is 5.48 Å². The molecule has 0 radical (unpaired) electrons. The molecule has 2 rings (SSSR count). The Labute approximate surface area is 87.4 Å². The lowest BCUT2D eigenvalue weighted by molar-refractivity contribution is 0.253. The lowest BCUT2D eigenvalue weighted by Crippen LogP contribution is -2.15. The fraction of sp³-hybridized carbons (Fsp3) is 1.00. The van der Waals surface area contributed by atoms with E-state index in [-0.39, 0.29) is 5.72 Å². The molecule has 0 aromatic heterocycles. The monoisotopic (exact) mass is 197 g/mol. The summed E-state index contributed by atoms with van der Waals surface area (Å²) in [6, 6.07) is 0. The topological polar surface area (TPSA) is 34.5 Å². The van der Waals surface area contributed by atoms with Crippen LogP contribution in [0, 0.1) is 0 Å². The quantitative estimate of drug-likeness (QED) is 0.603. The predicted octanol–water partition coefficient (Wildman–Crippen LogP) is 3.52. The van der Waals surface area contributed by atoms with Crippen LogP contribution >= 0.6 is 0 Å². The molecule has 0 bridgehead atoms. The Hall–Kier alpha value is -0.0800. The van der Waals surface area contributed by atoms with Crippen LogP contribution in [0.25, 0.3) is 0 Å². The van der Waals surface area contributed by atoms with E-state index in [0.717, 1.165) is 0 Å². The average molecular weight is 197 g/mol. The van der Waals surface area contributed by atoms with Gasteiger partial charge in [0.25, 0.3) is 0 Å². The fourth-order valence-electron chi connectivity index (χ4n) is 2.46. The van der Waals surface area contributed by atoms with Gasteiger partial charge >= 0.3 is 0 Å². The molecule has 1 saturated carbocycles. The molecule has 2 nitrogen and oxygen atoms in total. The van der Waals surface area contributed by atoms with Crippen LogP contribution in [0.3, 0.4) is 0 Å². The maximum Gasteiger partial charge on any atom is 0.161 e. The zero-order valence-electron chi connectivity index (χ0n) is 9.19. The van der Waals surface area contributed by atoms with E-state index in [1.54, 1.807) is 0 Å². The van der Waals surface area contributed by atoms with Gasteiger partial charge in [-0.1, -0.05) is 44.9 Å². The smallest absolute Gasteiger partial charge is 0.161 e. The summed E-state index contributed by atoms with van der Waals surface area (Å²) in [6.07, 6.45) is 15.1. The maximum atomic E-state index is 5.39. The Balaban J connectivity index is 1.71. The molecule has 0 aromatic rings. The maximum absolute atomic E-state index is 5.39. The first kappa shape index (κ1) is 10.4. The molecule has 1 spiro atoms. The third-order valence-electron chi connectivity index (χ3n) is 3.55. The summed E-state index contributed by atoms with van der Waals surface area (Å²) in [5.41, 5.74) is 3.23. The minimum atomic E-state index is 0.124. The van der Waals surface area contributed by atoms with Gasteiger partial charge < -0.3 is 0 Å². The van der Waals surface area contributed by atoms with E-state index in [4.69, 9.17) is 4.84 Å². The Morgan fingerprint density at radius 2 is 1.00 bits per heavy atom. The van der Waals surface area contributed by atoms with Gasteiger partial charge in [-0.15, -0.1) is 0 Å². The molecule has 0 atom stereocenters. The second-order valence-corrected chi connectivity index (χ2v) is 4.88. The predicted molar refractivity (Wildman–Crippen MR) is 57.7 cm³/mol. The van der Waals surface area contributed by atoms with Gasteiger partial charge in [0.2, 0.25) is 0 Å². The van der Waals surface area contributed by atoms with E-state index in [2.05, 4.69) is 5.48 Å². The van der Waals surface area contributed by atoms with Gasteiger partial charge in [0.1, 0.15) is 0 Å². The summed E-state index contributed by atoms with van der Waals surface area (Å²) >= 11 is 0. The van der Waals surface area contributed by atoms with Gasteiger partial charge in [0, 0.05) is 0 Å². The van der Waals surface area contributed by atoms with Crippen LogP contribution in [0.2, 0.25) is 0 Å². The molecule has 0 aromatic carbocycles. The van der Waals surface area contributed by atoms with Crippen molar-refractivity contribution < 1.29 is 4.84 Å². The van der Waals surface area contributed by atoms with Crippen molar-refractivity contribution in [2.75, 3.05) is 0 Å². The highest BCUT2D eigenvalue weighted by atomic mass is 16.8. The summed E-state index contributed by atoms with van der Waals surface area (Å²) in [5.74, 6) is 0. The minimum absolute atomic E-state index is 0.124. The second kappa shape index (κ2) is 5.13. The molecule has 1 aliphatic carbocycles. The first-order valence-electron chi connectivity index (χ1n) is 6.37. The van der Waals surface area contributed by atoms with Gasteiger partial charge in [0.15, 0.2) is 5.72 Å². The van der Waals surface area contributed by atoms with Crippen molar-refractivity contribution in [2.45, 2.75) is 76.4 Å². The largest absolute Gasteiger partial charge is 0.275 e. The van der Waals surface area contributed by atoms with E-state index < -0.39 is 0 Å². The number of hydrogen-bond acceptors (Lipinski definition) is 2. The second-order valence-electron chi connectivity index (χ2n) is 4.88. The van der Waals surface area contributed by atoms with Crippen LogP contribution in [0.5, 0.6) is 0 Å². The standard InChI is InChI=1S/C12H23NO/c1-2-4-6-8-10-12(13-14-12)11-9-7-5-3-1/h13H,1-11H2. The minimum Gasteiger partial charge on any atom is -0.275 e. The number of hydrogen-bond donors (Lipinski definition) is 1. The molecule has 14 heavy (non-hydrogen) atoms. The number of rotatable bonds is 0. The molecular weight excluding hydrogens is 174 g/mol. The zero-order chi connectivity index (χ0) is 9.69. The van der Waals surface area contributed by atoms with Crippen molar-refractivity contribution in [3.8, 4) is 0 Å². The molecule has 1 heterocycles. The first-order chi connectivity index (χ1) is 6.91. The van der Waals surface area contributed by atoms with Crippen LogP contribution in [-0.2, 0) is 4.84 Å². The Kier molecular flexibility index (Phi) is 3.82. The summed E-state index contributed by atoms with van der Waals surface area (Å²) in [6.45, 7) is 0. The van der Waals surface area contributed by atoms with Gasteiger partial charge in [-0.2, -0.15) is 5.48 Å². The molecule has 1 N–H and O–H groups in total. The third kappa shape index (κ3) is 3.25. The van der Waals surface area contributed by atoms with Gasteiger partial charge in [-0.05, 0) is 25.7 Å². The van der Waals surface area contributed by atoms with E-state index in [1.165, 1.54) is 70.6 Å². The number of nitrogens with one attached hydrogen (secondary N) is 1. The Morgan fingerprint density at radius 3 is 1.36 bits per heavy atom. The van der Waals surface area contributed by atoms with E-state index >= 15 is 0 Å². The fourth-order valence-corrected chi connectivity index (χ4v) is 2.46. The average Bonchev–Trinajstić information content (AvgIpc) is 2.92. The summed E-state index contributed by atoms with van der Waals surface area (Å²) < 4.78 is 0. The lowest BCUT2D eigenvalue weighted by atomic mass is 9.97. The highest BCUT2D eigenvalue weighted by Gasteiger charge is 2.43. The molecule has 0 amide bonds. The summed E-state index contributed by atoms with van der Waals surface area (Å²) in [4.78, 5) is 5.39. The van der Waals surface area contributed by atoms with Crippen molar-refractivity contribution in [3.63, 3.8) is 0 Å². The molecule has 2 fully saturated rings.